The van der Waals surface area contributed by atoms with Crippen molar-refractivity contribution in [1.29, 1.82) is 0 Å². The first-order valence-corrected chi connectivity index (χ1v) is 7.90. The summed E-state index contributed by atoms with van der Waals surface area (Å²) in [5.74, 6) is 2.13. The highest BCUT2D eigenvalue weighted by Gasteiger charge is 2.26. The fourth-order valence-electron chi connectivity index (χ4n) is 2.76. The van der Waals surface area contributed by atoms with Gasteiger partial charge < -0.3 is 9.84 Å². The molecule has 2 atom stereocenters. The highest BCUT2D eigenvalue weighted by molar-refractivity contribution is 8.00. The predicted octanol–water partition coefficient (Wildman–Crippen LogP) is 3.07. The molecule has 1 fully saturated rings. The Balaban J connectivity index is 1.79. The van der Waals surface area contributed by atoms with Crippen molar-refractivity contribution in [3.05, 3.63) is 28.3 Å². The van der Waals surface area contributed by atoms with Gasteiger partial charge in [-0.05, 0) is 41.9 Å². The molecular weight excluding hydrogens is 268 g/mol. The third-order valence-electron chi connectivity index (χ3n) is 3.65. The molecule has 1 aromatic carbocycles. The third-order valence-corrected chi connectivity index (χ3v) is 5.37. The molecule has 0 saturated carbocycles. The topological polar surface area (TPSA) is 29.5 Å². The van der Waals surface area contributed by atoms with E-state index < -0.39 is 0 Å². The maximum absolute atomic E-state index is 10.3. The van der Waals surface area contributed by atoms with E-state index in [-0.39, 0.29) is 6.10 Å². The molecule has 18 heavy (non-hydrogen) atoms. The monoisotopic (exact) mass is 284 g/mol. The van der Waals surface area contributed by atoms with Crippen molar-refractivity contribution in [2.45, 2.75) is 37.0 Å². The Morgan fingerprint density at radius 2 is 2.39 bits per heavy atom. The van der Waals surface area contributed by atoms with Gasteiger partial charge >= 0.3 is 0 Å². The van der Waals surface area contributed by atoms with Crippen LogP contribution in [0.3, 0.4) is 0 Å². The van der Waals surface area contributed by atoms with Crippen LogP contribution in [0, 0.1) is 0 Å². The summed E-state index contributed by atoms with van der Waals surface area (Å²) in [7, 11) is 0. The molecule has 0 aliphatic carbocycles. The van der Waals surface area contributed by atoms with E-state index in [2.05, 4.69) is 0 Å². The second-order valence-electron chi connectivity index (χ2n) is 4.97. The summed E-state index contributed by atoms with van der Waals surface area (Å²) in [5, 5.41) is 11.4. The Kier molecular flexibility index (Phi) is 3.73. The molecule has 1 saturated heterocycles. The predicted molar refractivity (Wildman–Crippen MR) is 75.8 cm³/mol. The maximum Gasteiger partial charge on any atom is 0.126 e. The van der Waals surface area contributed by atoms with E-state index in [1.807, 2.05) is 23.9 Å². The van der Waals surface area contributed by atoms with Gasteiger partial charge in [0.15, 0.2) is 0 Å². The molecule has 0 bridgehead atoms. The molecule has 2 unspecified atom stereocenters. The molecule has 1 N–H and O–H groups in total. The Labute approximate surface area is 117 Å². The molecule has 0 spiro atoms. The summed E-state index contributed by atoms with van der Waals surface area (Å²) < 4.78 is 5.67. The molecule has 2 aliphatic rings. The molecule has 1 aromatic rings. The van der Waals surface area contributed by atoms with Crippen LogP contribution >= 0.6 is 23.4 Å². The Hall–Kier alpha value is -0.380. The number of rotatable bonds is 3. The quantitative estimate of drug-likeness (QED) is 0.925. The van der Waals surface area contributed by atoms with Crippen molar-refractivity contribution in [3.63, 3.8) is 0 Å². The molecule has 2 aliphatic heterocycles. The van der Waals surface area contributed by atoms with Crippen molar-refractivity contribution in [1.82, 2.24) is 0 Å². The van der Waals surface area contributed by atoms with Crippen molar-refractivity contribution < 1.29 is 9.84 Å². The first-order valence-electron chi connectivity index (χ1n) is 6.48. The van der Waals surface area contributed by atoms with Gasteiger partial charge in [0.05, 0.1) is 12.7 Å². The van der Waals surface area contributed by atoms with E-state index in [1.54, 1.807) is 0 Å². The van der Waals surface area contributed by atoms with E-state index in [0.29, 0.717) is 11.7 Å². The third kappa shape index (κ3) is 2.49. The first kappa shape index (κ1) is 12.6. The summed E-state index contributed by atoms with van der Waals surface area (Å²) in [5.41, 5.74) is 2.25. The Morgan fingerprint density at radius 1 is 1.50 bits per heavy atom. The minimum Gasteiger partial charge on any atom is -0.493 e. The average Bonchev–Trinajstić information content (AvgIpc) is 2.98. The zero-order valence-electron chi connectivity index (χ0n) is 10.2. The number of hydrogen-bond donors (Lipinski definition) is 1. The molecule has 0 radical (unpaired) electrons. The summed E-state index contributed by atoms with van der Waals surface area (Å²) in [6.07, 6.45) is 3.63. The second-order valence-corrected chi connectivity index (χ2v) is 6.76. The molecule has 98 valence electrons. The zero-order chi connectivity index (χ0) is 12.5. The van der Waals surface area contributed by atoms with Crippen LogP contribution < -0.4 is 4.74 Å². The lowest BCUT2D eigenvalue weighted by atomic mass is 10.00. The molecule has 2 heterocycles. The minimum absolute atomic E-state index is 0.288. The van der Waals surface area contributed by atoms with Crippen molar-refractivity contribution in [3.8, 4) is 5.75 Å². The van der Waals surface area contributed by atoms with Gasteiger partial charge in [-0.15, -0.1) is 0 Å². The van der Waals surface area contributed by atoms with Gasteiger partial charge in [0, 0.05) is 23.1 Å². The summed E-state index contributed by atoms with van der Waals surface area (Å²) in [4.78, 5) is 0. The molecule has 0 aromatic heterocycles. The molecule has 0 amide bonds. The number of ether oxygens (including phenoxy) is 1. The van der Waals surface area contributed by atoms with Crippen molar-refractivity contribution in [2.24, 2.45) is 0 Å². The fraction of sp³-hybridized carbons (Fsp3) is 0.571. The second kappa shape index (κ2) is 5.32. The lowest BCUT2D eigenvalue weighted by Gasteiger charge is -2.18. The van der Waals surface area contributed by atoms with Gasteiger partial charge in [-0.3, -0.25) is 0 Å². The molecule has 3 rings (SSSR count). The largest absolute Gasteiger partial charge is 0.493 e. The summed E-state index contributed by atoms with van der Waals surface area (Å²) in [6.45, 7) is 0.733. The summed E-state index contributed by atoms with van der Waals surface area (Å²) in [6, 6.07) is 3.92. The van der Waals surface area contributed by atoms with E-state index >= 15 is 0 Å². The Bertz CT molecular complexity index is 444. The minimum atomic E-state index is -0.288. The maximum atomic E-state index is 10.3. The van der Waals surface area contributed by atoms with E-state index in [0.717, 1.165) is 35.8 Å². The fourth-order valence-corrected chi connectivity index (χ4v) is 4.31. The van der Waals surface area contributed by atoms with Gasteiger partial charge in [-0.25, -0.2) is 0 Å². The van der Waals surface area contributed by atoms with Crippen LogP contribution in [0.5, 0.6) is 5.75 Å². The van der Waals surface area contributed by atoms with Crippen LogP contribution in [0.4, 0.5) is 0 Å². The van der Waals surface area contributed by atoms with Crippen LogP contribution in [-0.2, 0) is 12.8 Å². The molecule has 4 heteroatoms. The number of aliphatic hydroxyl groups is 1. The van der Waals surface area contributed by atoms with E-state index in [1.165, 1.54) is 17.7 Å². The van der Waals surface area contributed by atoms with Crippen molar-refractivity contribution >= 4 is 23.4 Å². The number of benzene rings is 1. The van der Waals surface area contributed by atoms with Crippen LogP contribution in [0.15, 0.2) is 12.1 Å². The van der Waals surface area contributed by atoms with Crippen LogP contribution in [0.25, 0.3) is 0 Å². The van der Waals surface area contributed by atoms with Gasteiger partial charge in [0.1, 0.15) is 5.75 Å². The lowest BCUT2D eigenvalue weighted by Crippen LogP contribution is -2.23. The van der Waals surface area contributed by atoms with Crippen LogP contribution in [0.2, 0.25) is 5.02 Å². The number of thioether (sulfide) groups is 1. The summed E-state index contributed by atoms with van der Waals surface area (Å²) >= 11 is 8.01. The van der Waals surface area contributed by atoms with Gasteiger partial charge in [-0.1, -0.05) is 11.6 Å². The standard InChI is InChI=1S/C14H17ClO2S/c15-11-6-9-3-4-17-14(9)10(7-11)8-12(16)13-2-1-5-18-13/h6-7,12-13,16H,1-5,8H2. The zero-order valence-corrected chi connectivity index (χ0v) is 11.8. The molecule has 2 nitrogen and oxygen atoms in total. The van der Waals surface area contributed by atoms with Gasteiger partial charge in [0.2, 0.25) is 0 Å². The number of hydrogen-bond acceptors (Lipinski definition) is 3. The van der Waals surface area contributed by atoms with Gasteiger partial charge in [-0.2, -0.15) is 11.8 Å². The number of fused-ring (bicyclic) bond motifs is 1. The van der Waals surface area contributed by atoms with Crippen LogP contribution in [0.1, 0.15) is 24.0 Å². The Morgan fingerprint density at radius 3 is 3.17 bits per heavy atom. The van der Waals surface area contributed by atoms with Crippen molar-refractivity contribution in [2.75, 3.05) is 12.4 Å². The van der Waals surface area contributed by atoms with E-state index in [9.17, 15) is 5.11 Å². The lowest BCUT2D eigenvalue weighted by molar-refractivity contribution is 0.169. The number of aliphatic hydroxyl groups excluding tert-OH is 1. The van der Waals surface area contributed by atoms with E-state index in [4.69, 9.17) is 16.3 Å². The highest BCUT2D eigenvalue weighted by atomic mass is 35.5. The first-order chi connectivity index (χ1) is 8.74. The highest BCUT2D eigenvalue weighted by Crippen LogP contribution is 2.36. The average molecular weight is 285 g/mol. The smallest absolute Gasteiger partial charge is 0.126 e. The van der Waals surface area contributed by atoms with Crippen LogP contribution in [-0.4, -0.2) is 28.8 Å². The normalized spacial score (nSPS) is 23.8. The van der Waals surface area contributed by atoms with Gasteiger partial charge in [0.25, 0.3) is 0 Å². The number of halogens is 1. The SMILES string of the molecule is OC(Cc1cc(Cl)cc2c1OCC2)C1CCCS1. The molecular formula is C14H17ClO2S.